The van der Waals surface area contributed by atoms with Crippen LogP contribution in [0.25, 0.3) is 0 Å². The van der Waals surface area contributed by atoms with Crippen molar-refractivity contribution < 1.29 is 9.59 Å². The SMILES string of the molecule is CCN(CC)C(=O)C1CCCN(C(=O)c2cn(Cc3cccc(Cl)c3)nn2)C1. The molecule has 2 heterocycles. The van der Waals surface area contributed by atoms with E-state index in [2.05, 4.69) is 10.3 Å². The van der Waals surface area contributed by atoms with Crippen molar-refractivity contribution in [3.63, 3.8) is 0 Å². The van der Waals surface area contributed by atoms with E-state index in [4.69, 9.17) is 11.6 Å². The Bertz CT molecular complexity index is 834. The summed E-state index contributed by atoms with van der Waals surface area (Å²) in [5, 5.41) is 8.77. The second-order valence-corrected chi connectivity index (χ2v) is 7.47. The lowest BCUT2D eigenvalue weighted by Crippen LogP contribution is -2.46. The molecule has 150 valence electrons. The molecule has 1 aromatic carbocycles. The number of rotatable bonds is 6. The average Bonchev–Trinajstić information content (AvgIpc) is 3.16. The number of hydrogen-bond donors (Lipinski definition) is 0. The number of aromatic nitrogens is 3. The first-order valence-corrected chi connectivity index (χ1v) is 10.1. The summed E-state index contributed by atoms with van der Waals surface area (Å²) in [6, 6.07) is 7.50. The lowest BCUT2D eigenvalue weighted by Gasteiger charge is -2.34. The van der Waals surface area contributed by atoms with Gasteiger partial charge in [0.25, 0.3) is 5.91 Å². The van der Waals surface area contributed by atoms with Crippen LogP contribution in [0.15, 0.2) is 30.5 Å². The molecule has 8 heteroatoms. The highest BCUT2D eigenvalue weighted by Crippen LogP contribution is 2.20. The Morgan fingerprint density at radius 2 is 2.07 bits per heavy atom. The molecule has 2 aromatic rings. The quantitative estimate of drug-likeness (QED) is 0.743. The summed E-state index contributed by atoms with van der Waals surface area (Å²) in [6.45, 7) is 6.91. The van der Waals surface area contributed by atoms with E-state index in [1.54, 1.807) is 15.8 Å². The summed E-state index contributed by atoms with van der Waals surface area (Å²) in [7, 11) is 0. The molecule has 1 saturated heterocycles. The topological polar surface area (TPSA) is 71.3 Å². The third-order valence-electron chi connectivity index (χ3n) is 5.12. The highest BCUT2D eigenvalue weighted by Gasteiger charge is 2.31. The van der Waals surface area contributed by atoms with Gasteiger partial charge in [-0.2, -0.15) is 0 Å². The number of benzene rings is 1. The predicted molar refractivity (Wildman–Crippen MR) is 107 cm³/mol. The normalized spacial score (nSPS) is 16.8. The van der Waals surface area contributed by atoms with Gasteiger partial charge in [-0.3, -0.25) is 9.59 Å². The molecule has 0 spiro atoms. The molecule has 0 bridgehead atoms. The summed E-state index contributed by atoms with van der Waals surface area (Å²) >= 11 is 6.01. The van der Waals surface area contributed by atoms with Crippen molar-refractivity contribution in [3.05, 3.63) is 46.7 Å². The van der Waals surface area contributed by atoms with E-state index in [0.717, 1.165) is 18.4 Å². The molecule has 7 nitrogen and oxygen atoms in total. The van der Waals surface area contributed by atoms with Crippen molar-refractivity contribution in [1.29, 1.82) is 0 Å². The first-order chi connectivity index (χ1) is 13.5. The number of carbonyl (C=O) groups is 2. The molecule has 3 rings (SSSR count). The summed E-state index contributed by atoms with van der Waals surface area (Å²) in [5.41, 5.74) is 1.29. The third kappa shape index (κ3) is 4.70. The van der Waals surface area contributed by atoms with Crippen molar-refractivity contribution in [3.8, 4) is 0 Å². The number of likely N-dealkylation sites (tertiary alicyclic amines) is 1. The monoisotopic (exact) mass is 403 g/mol. The van der Waals surface area contributed by atoms with Gasteiger partial charge in [-0.25, -0.2) is 4.68 Å². The zero-order valence-electron chi connectivity index (χ0n) is 16.3. The molecule has 0 N–H and O–H groups in total. The van der Waals surface area contributed by atoms with E-state index in [9.17, 15) is 9.59 Å². The van der Waals surface area contributed by atoms with Gasteiger partial charge in [0.1, 0.15) is 0 Å². The molecule has 1 aliphatic heterocycles. The second-order valence-electron chi connectivity index (χ2n) is 7.03. The van der Waals surface area contributed by atoms with Crippen LogP contribution in [0.4, 0.5) is 0 Å². The summed E-state index contributed by atoms with van der Waals surface area (Å²) in [6.07, 6.45) is 3.29. The maximum Gasteiger partial charge on any atom is 0.276 e. The molecule has 1 fully saturated rings. The molecule has 0 radical (unpaired) electrons. The van der Waals surface area contributed by atoms with Gasteiger partial charge in [-0.1, -0.05) is 28.9 Å². The number of piperidine rings is 1. The zero-order chi connectivity index (χ0) is 20.1. The molecule has 1 unspecified atom stereocenters. The van der Waals surface area contributed by atoms with Gasteiger partial charge in [0.15, 0.2) is 5.69 Å². The van der Waals surface area contributed by atoms with Gasteiger partial charge in [0.05, 0.1) is 18.7 Å². The predicted octanol–water partition coefficient (Wildman–Crippen LogP) is 2.70. The number of nitrogens with zero attached hydrogens (tertiary/aromatic N) is 5. The van der Waals surface area contributed by atoms with Gasteiger partial charge in [-0.15, -0.1) is 5.10 Å². The maximum absolute atomic E-state index is 12.9. The van der Waals surface area contributed by atoms with E-state index < -0.39 is 0 Å². The van der Waals surface area contributed by atoms with Crippen LogP contribution >= 0.6 is 11.6 Å². The largest absolute Gasteiger partial charge is 0.343 e. The smallest absolute Gasteiger partial charge is 0.276 e. The summed E-state index contributed by atoms with van der Waals surface area (Å²) in [4.78, 5) is 29.1. The first-order valence-electron chi connectivity index (χ1n) is 9.74. The Kier molecular flexibility index (Phi) is 6.67. The maximum atomic E-state index is 12.9. The van der Waals surface area contributed by atoms with Gasteiger partial charge >= 0.3 is 0 Å². The fraction of sp³-hybridized carbons (Fsp3) is 0.500. The molecule has 2 amide bonds. The van der Waals surface area contributed by atoms with Crippen LogP contribution in [0.3, 0.4) is 0 Å². The molecular formula is C20H26ClN5O2. The fourth-order valence-corrected chi connectivity index (χ4v) is 3.83. The van der Waals surface area contributed by atoms with E-state index in [1.165, 1.54) is 0 Å². The molecule has 28 heavy (non-hydrogen) atoms. The Balaban J connectivity index is 1.65. The van der Waals surface area contributed by atoms with Crippen molar-refractivity contribution >= 4 is 23.4 Å². The molecular weight excluding hydrogens is 378 g/mol. The van der Waals surface area contributed by atoms with Gasteiger partial charge < -0.3 is 9.80 Å². The van der Waals surface area contributed by atoms with Crippen molar-refractivity contribution in [2.24, 2.45) is 5.92 Å². The fourth-order valence-electron chi connectivity index (χ4n) is 3.61. The number of amides is 2. The Labute approximate surface area is 170 Å². The first kappa shape index (κ1) is 20.3. The zero-order valence-corrected chi connectivity index (χ0v) is 17.1. The van der Waals surface area contributed by atoms with Crippen LogP contribution in [-0.4, -0.2) is 62.8 Å². The number of halogens is 1. The summed E-state index contributed by atoms with van der Waals surface area (Å²) < 4.78 is 1.63. The van der Waals surface area contributed by atoms with E-state index in [1.807, 2.05) is 43.0 Å². The number of carbonyl (C=O) groups excluding carboxylic acids is 2. The van der Waals surface area contributed by atoms with E-state index in [0.29, 0.717) is 43.4 Å². The van der Waals surface area contributed by atoms with Gasteiger partial charge in [0, 0.05) is 31.2 Å². The van der Waals surface area contributed by atoms with Crippen LogP contribution in [0.1, 0.15) is 42.7 Å². The minimum absolute atomic E-state index is 0.132. The molecule has 0 aliphatic carbocycles. The third-order valence-corrected chi connectivity index (χ3v) is 5.36. The van der Waals surface area contributed by atoms with Crippen LogP contribution in [-0.2, 0) is 11.3 Å². The molecule has 0 saturated carbocycles. The lowest BCUT2D eigenvalue weighted by molar-refractivity contribution is -0.136. The lowest BCUT2D eigenvalue weighted by atomic mass is 9.96. The minimum Gasteiger partial charge on any atom is -0.343 e. The van der Waals surface area contributed by atoms with Crippen molar-refractivity contribution in [2.75, 3.05) is 26.2 Å². The summed E-state index contributed by atoms with van der Waals surface area (Å²) in [5.74, 6) is -0.180. The Hall–Kier alpha value is -2.41. The van der Waals surface area contributed by atoms with Crippen LogP contribution in [0.5, 0.6) is 0 Å². The minimum atomic E-state index is -0.172. The average molecular weight is 404 g/mol. The standard InChI is InChI=1S/C20H26ClN5O2/c1-3-24(4-2)19(27)16-8-6-10-25(13-16)20(28)18-14-26(23-22-18)12-15-7-5-9-17(21)11-15/h5,7,9,11,14,16H,3-4,6,8,10,12-13H2,1-2H3. The van der Waals surface area contributed by atoms with E-state index in [-0.39, 0.29) is 17.7 Å². The highest BCUT2D eigenvalue weighted by atomic mass is 35.5. The van der Waals surface area contributed by atoms with Crippen LogP contribution < -0.4 is 0 Å². The van der Waals surface area contributed by atoms with Gasteiger partial charge in [-0.05, 0) is 44.4 Å². The van der Waals surface area contributed by atoms with E-state index >= 15 is 0 Å². The highest BCUT2D eigenvalue weighted by molar-refractivity contribution is 6.30. The Morgan fingerprint density at radius 1 is 1.29 bits per heavy atom. The molecule has 1 aromatic heterocycles. The number of hydrogen-bond acceptors (Lipinski definition) is 4. The van der Waals surface area contributed by atoms with Gasteiger partial charge in [0.2, 0.25) is 5.91 Å². The molecule has 1 aliphatic rings. The second kappa shape index (κ2) is 9.19. The van der Waals surface area contributed by atoms with Crippen molar-refractivity contribution in [2.45, 2.75) is 33.2 Å². The molecule has 1 atom stereocenters. The van der Waals surface area contributed by atoms with Crippen LogP contribution in [0.2, 0.25) is 5.02 Å². The van der Waals surface area contributed by atoms with Crippen molar-refractivity contribution in [1.82, 2.24) is 24.8 Å². The Morgan fingerprint density at radius 3 is 2.79 bits per heavy atom. The van der Waals surface area contributed by atoms with Crippen LogP contribution in [0, 0.1) is 5.92 Å².